The highest BCUT2D eigenvalue weighted by Gasteiger charge is 2.22. The van der Waals surface area contributed by atoms with Crippen LogP contribution >= 0.6 is 0 Å². The van der Waals surface area contributed by atoms with E-state index < -0.39 is 0 Å². The maximum Gasteiger partial charge on any atom is 0.0515 e. The molecule has 0 aromatic heterocycles. The molecule has 1 fully saturated rings. The van der Waals surface area contributed by atoms with E-state index in [0.29, 0.717) is 5.92 Å². The number of methoxy groups -OCH3 is 2. The molecule has 0 unspecified atom stereocenters. The molecule has 4 rings (SSSR count). The van der Waals surface area contributed by atoms with Crippen molar-refractivity contribution in [2.24, 2.45) is 11.8 Å². The van der Waals surface area contributed by atoms with Crippen LogP contribution in [0.5, 0.6) is 0 Å². The number of aryl methyl sites for hydroxylation is 1. The van der Waals surface area contributed by atoms with Crippen LogP contribution in [0.1, 0.15) is 87.8 Å². The molecule has 0 aliphatic heterocycles. The summed E-state index contributed by atoms with van der Waals surface area (Å²) >= 11 is 0. The molecule has 1 aliphatic rings. The van der Waals surface area contributed by atoms with Crippen LogP contribution < -0.4 is 0 Å². The Morgan fingerprint density at radius 3 is 2.14 bits per heavy atom. The van der Waals surface area contributed by atoms with Crippen LogP contribution in [-0.4, -0.2) is 27.4 Å². The van der Waals surface area contributed by atoms with Gasteiger partial charge in [-0.2, -0.15) is 0 Å². The Hall–Kier alpha value is -2.16. The molecule has 2 heteroatoms. The van der Waals surface area contributed by atoms with E-state index in [-0.39, 0.29) is 0 Å². The lowest BCUT2D eigenvalue weighted by molar-refractivity contribution is 0.0848. The van der Waals surface area contributed by atoms with Crippen molar-refractivity contribution < 1.29 is 9.47 Å². The summed E-state index contributed by atoms with van der Waals surface area (Å²) in [6.07, 6.45) is 13.2. The van der Waals surface area contributed by atoms with E-state index in [1.54, 1.807) is 14.2 Å². The van der Waals surface area contributed by atoms with Gasteiger partial charge in [0.2, 0.25) is 0 Å². The molecule has 37 heavy (non-hydrogen) atoms. The lowest BCUT2D eigenvalue weighted by atomic mass is 9.77. The van der Waals surface area contributed by atoms with Gasteiger partial charge in [-0.3, -0.25) is 0 Å². The topological polar surface area (TPSA) is 18.5 Å². The summed E-state index contributed by atoms with van der Waals surface area (Å²) in [6.45, 7) is 6.02. The lowest BCUT2D eigenvalue weighted by Crippen LogP contribution is -2.17. The minimum absolute atomic E-state index is 0.381. The van der Waals surface area contributed by atoms with E-state index in [0.717, 1.165) is 37.9 Å². The second-order valence-electron chi connectivity index (χ2n) is 11.4. The Morgan fingerprint density at radius 2 is 1.49 bits per heavy atom. The quantitative estimate of drug-likeness (QED) is 0.218. The van der Waals surface area contributed by atoms with Crippen LogP contribution in [0.25, 0.3) is 21.9 Å². The number of unbranched alkanes of at least 4 members (excludes halogenated alkanes) is 2. The average Bonchev–Trinajstić information content (AvgIpc) is 2.93. The summed E-state index contributed by atoms with van der Waals surface area (Å²) in [6, 6.07) is 21.3. The molecule has 0 bridgehead atoms. The minimum Gasteiger partial charge on any atom is -0.384 e. The molecular weight excluding hydrogens is 452 g/mol. The SMILES string of the molecule is CCCCCC1CCC(c2ccc(-c3ccc4cc(CC(COC)COC)cc(CC)c4c3)cc2)CC1. The third kappa shape index (κ3) is 7.45. The molecule has 1 aliphatic carbocycles. The molecule has 0 atom stereocenters. The van der Waals surface area contributed by atoms with Crippen molar-refractivity contribution in [2.45, 2.75) is 84.0 Å². The fraction of sp³-hybridized carbons (Fsp3) is 0.543. The van der Waals surface area contributed by atoms with Crippen molar-refractivity contribution in [1.29, 1.82) is 0 Å². The summed E-state index contributed by atoms with van der Waals surface area (Å²) in [5.74, 6) is 2.10. The number of benzene rings is 3. The molecule has 3 aromatic carbocycles. The first-order valence-electron chi connectivity index (χ1n) is 14.8. The average molecular weight is 501 g/mol. The summed E-state index contributed by atoms with van der Waals surface area (Å²) in [5, 5.41) is 2.71. The summed E-state index contributed by atoms with van der Waals surface area (Å²) in [7, 11) is 3.54. The fourth-order valence-corrected chi connectivity index (χ4v) is 6.48. The zero-order valence-electron chi connectivity index (χ0n) is 23.7. The first-order valence-corrected chi connectivity index (χ1v) is 14.8. The van der Waals surface area contributed by atoms with Gasteiger partial charge in [0, 0.05) is 20.1 Å². The van der Waals surface area contributed by atoms with Crippen molar-refractivity contribution in [1.82, 2.24) is 0 Å². The smallest absolute Gasteiger partial charge is 0.0515 e. The third-order valence-corrected chi connectivity index (χ3v) is 8.59. The predicted molar refractivity (Wildman–Crippen MR) is 159 cm³/mol. The highest BCUT2D eigenvalue weighted by molar-refractivity contribution is 5.90. The van der Waals surface area contributed by atoms with Gasteiger partial charge in [0.1, 0.15) is 0 Å². The second kappa shape index (κ2) is 14.1. The van der Waals surface area contributed by atoms with E-state index in [4.69, 9.17) is 9.47 Å². The Morgan fingerprint density at radius 1 is 0.784 bits per heavy atom. The summed E-state index contributed by atoms with van der Waals surface area (Å²) in [4.78, 5) is 0. The lowest BCUT2D eigenvalue weighted by Gasteiger charge is -2.29. The van der Waals surface area contributed by atoms with Gasteiger partial charge in [-0.1, -0.05) is 88.1 Å². The van der Waals surface area contributed by atoms with Crippen molar-refractivity contribution in [3.63, 3.8) is 0 Å². The van der Waals surface area contributed by atoms with Gasteiger partial charge in [0.15, 0.2) is 0 Å². The predicted octanol–water partition coefficient (Wildman–Crippen LogP) is 9.37. The number of fused-ring (bicyclic) bond motifs is 1. The normalized spacial score (nSPS) is 18.1. The summed E-state index contributed by atoms with van der Waals surface area (Å²) in [5.41, 5.74) is 6.98. The van der Waals surface area contributed by atoms with Gasteiger partial charge in [0.25, 0.3) is 0 Å². The standard InChI is InChI=1S/C35H48O2/c1-5-7-8-9-26-10-12-30(13-11-26)31-14-16-32(17-15-31)33-18-19-34-22-27(20-28(24-36-3)25-37-4)21-29(6-2)35(34)23-33/h14-19,21-23,26,28,30H,5-13,20,24-25H2,1-4H3. The van der Waals surface area contributed by atoms with Gasteiger partial charge < -0.3 is 9.47 Å². The number of ether oxygens (including phenoxy) is 2. The Kier molecular flexibility index (Phi) is 10.6. The van der Waals surface area contributed by atoms with Crippen LogP contribution in [0.4, 0.5) is 0 Å². The van der Waals surface area contributed by atoms with Crippen molar-refractivity contribution in [3.8, 4) is 11.1 Å². The molecule has 0 spiro atoms. The molecule has 3 aromatic rings. The molecule has 0 saturated heterocycles. The highest BCUT2D eigenvalue weighted by Crippen LogP contribution is 2.38. The highest BCUT2D eigenvalue weighted by atomic mass is 16.5. The van der Waals surface area contributed by atoms with Gasteiger partial charge in [-0.25, -0.2) is 0 Å². The first-order chi connectivity index (χ1) is 18.1. The van der Waals surface area contributed by atoms with Crippen LogP contribution in [0.2, 0.25) is 0 Å². The monoisotopic (exact) mass is 500 g/mol. The Balaban J connectivity index is 1.46. The van der Waals surface area contributed by atoms with Crippen LogP contribution in [0.15, 0.2) is 54.6 Å². The number of hydrogen-bond donors (Lipinski definition) is 0. The molecule has 0 heterocycles. The van der Waals surface area contributed by atoms with Crippen LogP contribution in [0, 0.1) is 11.8 Å². The second-order valence-corrected chi connectivity index (χ2v) is 11.4. The van der Waals surface area contributed by atoms with E-state index in [2.05, 4.69) is 68.4 Å². The number of rotatable bonds is 13. The molecule has 2 nitrogen and oxygen atoms in total. The number of hydrogen-bond acceptors (Lipinski definition) is 2. The van der Waals surface area contributed by atoms with Crippen molar-refractivity contribution in [2.75, 3.05) is 27.4 Å². The van der Waals surface area contributed by atoms with Gasteiger partial charge in [-0.15, -0.1) is 0 Å². The van der Waals surface area contributed by atoms with E-state index >= 15 is 0 Å². The van der Waals surface area contributed by atoms with Crippen molar-refractivity contribution >= 4 is 10.8 Å². The van der Waals surface area contributed by atoms with Gasteiger partial charge >= 0.3 is 0 Å². The van der Waals surface area contributed by atoms with Gasteiger partial charge in [0.05, 0.1) is 13.2 Å². The van der Waals surface area contributed by atoms with Crippen LogP contribution in [0.3, 0.4) is 0 Å². The van der Waals surface area contributed by atoms with E-state index in [1.807, 2.05) is 0 Å². The van der Waals surface area contributed by atoms with E-state index in [9.17, 15) is 0 Å². The molecule has 200 valence electrons. The molecule has 0 N–H and O–H groups in total. The largest absolute Gasteiger partial charge is 0.384 e. The fourth-order valence-electron chi connectivity index (χ4n) is 6.48. The maximum atomic E-state index is 5.43. The Bertz CT molecular complexity index is 1090. The van der Waals surface area contributed by atoms with Gasteiger partial charge in [-0.05, 0) is 95.0 Å². The first kappa shape index (κ1) is 27.9. The Labute approximate surface area is 225 Å². The molecule has 0 amide bonds. The maximum absolute atomic E-state index is 5.43. The molecular formula is C35H48O2. The van der Waals surface area contributed by atoms with Crippen LogP contribution in [-0.2, 0) is 22.3 Å². The summed E-state index contributed by atoms with van der Waals surface area (Å²) < 4.78 is 10.9. The van der Waals surface area contributed by atoms with E-state index in [1.165, 1.54) is 90.0 Å². The molecule has 0 radical (unpaired) electrons. The van der Waals surface area contributed by atoms with Crippen molar-refractivity contribution in [3.05, 3.63) is 71.3 Å². The zero-order valence-corrected chi connectivity index (χ0v) is 23.7. The zero-order chi connectivity index (χ0) is 26.0. The molecule has 1 saturated carbocycles. The minimum atomic E-state index is 0.381. The third-order valence-electron chi connectivity index (χ3n) is 8.59.